The van der Waals surface area contributed by atoms with Gasteiger partial charge in [-0.05, 0) is 36.0 Å². The van der Waals surface area contributed by atoms with E-state index in [4.69, 9.17) is 0 Å². The van der Waals surface area contributed by atoms with Crippen LogP contribution in [0.3, 0.4) is 0 Å². The summed E-state index contributed by atoms with van der Waals surface area (Å²) in [6.45, 7) is 11.6. The molecule has 3 rings (SSSR count). The van der Waals surface area contributed by atoms with Gasteiger partial charge in [-0.3, -0.25) is 0 Å². The standard InChI is InChI=1S/C20H33N3O/c1-20(2,3)16-4-6-18(7-5-16)23-10-8-17(9-11-23)22-13-15-12-21-14-19(15)24/h4-7,15,17,19,21-22,24H,8-14H2,1-3H3. The van der Waals surface area contributed by atoms with Gasteiger partial charge in [0.25, 0.3) is 0 Å². The highest BCUT2D eigenvalue weighted by Crippen LogP contribution is 2.26. The SMILES string of the molecule is CC(C)(C)c1ccc(N2CCC(NCC3CNCC3O)CC2)cc1. The van der Waals surface area contributed by atoms with Crippen LogP contribution in [0.2, 0.25) is 0 Å². The Balaban J connectivity index is 1.46. The number of piperidine rings is 1. The van der Waals surface area contributed by atoms with E-state index in [2.05, 4.69) is 60.6 Å². The van der Waals surface area contributed by atoms with Crippen LogP contribution in [0.4, 0.5) is 5.69 Å². The van der Waals surface area contributed by atoms with Crippen molar-refractivity contribution in [3.8, 4) is 0 Å². The van der Waals surface area contributed by atoms with Crippen LogP contribution in [0, 0.1) is 5.92 Å². The molecule has 4 nitrogen and oxygen atoms in total. The number of nitrogens with zero attached hydrogens (tertiary/aromatic N) is 1. The Labute approximate surface area is 146 Å². The lowest BCUT2D eigenvalue weighted by Gasteiger charge is -2.35. The van der Waals surface area contributed by atoms with Crippen molar-refractivity contribution in [1.82, 2.24) is 10.6 Å². The quantitative estimate of drug-likeness (QED) is 0.791. The molecule has 0 amide bonds. The molecule has 2 aliphatic heterocycles. The minimum Gasteiger partial charge on any atom is -0.391 e. The van der Waals surface area contributed by atoms with Gasteiger partial charge < -0.3 is 20.6 Å². The molecule has 4 heteroatoms. The lowest BCUT2D eigenvalue weighted by Crippen LogP contribution is -2.45. The highest BCUT2D eigenvalue weighted by molar-refractivity contribution is 5.49. The number of rotatable bonds is 4. The molecule has 0 aromatic heterocycles. The maximum absolute atomic E-state index is 9.88. The van der Waals surface area contributed by atoms with Gasteiger partial charge in [0, 0.05) is 50.4 Å². The predicted molar refractivity (Wildman–Crippen MR) is 101 cm³/mol. The van der Waals surface area contributed by atoms with Crippen molar-refractivity contribution >= 4 is 5.69 Å². The Morgan fingerprint density at radius 3 is 2.33 bits per heavy atom. The van der Waals surface area contributed by atoms with E-state index in [0.717, 1.165) is 32.7 Å². The molecule has 0 radical (unpaired) electrons. The second-order valence-electron chi connectivity index (χ2n) is 8.45. The van der Waals surface area contributed by atoms with E-state index in [0.29, 0.717) is 12.0 Å². The van der Waals surface area contributed by atoms with Gasteiger partial charge in [0.1, 0.15) is 0 Å². The van der Waals surface area contributed by atoms with Crippen LogP contribution in [-0.2, 0) is 5.41 Å². The van der Waals surface area contributed by atoms with Crippen LogP contribution in [-0.4, -0.2) is 50.0 Å². The Morgan fingerprint density at radius 2 is 1.79 bits per heavy atom. The molecule has 2 saturated heterocycles. The number of hydrogen-bond acceptors (Lipinski definition) is 4. The summed E-state index contributed by atoms with van der Waals surface area (Å²) in [6.07, 6.45) is 2.17. The number of nitrogens with one attached hydrogen (secondary N) is 2. The minimum absolute atomic E-state index is 0.182. The smallest absolute Gasteiger partial charge is 0.0716 e. The first-order valence-corrected chi connectivity index (χ1v) is 9.41. The van der Waals surface area contributed by atoms with Crippen molar-refractivity contribution in [2.75, 3.05) is 37.6 Å². The van der Waals surface area contributed by atoms with Gasteiger partial charge in [-0.2, -0.15) is 0 Å². The van der Waals surface area contributed by atoms with E-state index in [-0.39, 0.29) is 11.5 Å². The molecule has 0 saturated carbocycles. The summed E-state index contributed by atoms with van der Waals surface area (Å²) >= 11 is 0. The first-order valence-electron chi connectivity index (χ1n) is 9.41. The Morgan fingerprint density at radius 1 is 1.12 bits per heavy atom. The molecule has 2 unspecified atom stereocenters. The van der Waals surface area contributed by atoms with Crippen LogP contribution < -0.4 is 15.5 Å². The number of aliphatic hydroxyl groups is 1. The molecule has 0 aliphatic carbocycles. The summed E-state index contributed by atoms with van der Waals surface area (Å²) < 4.78 is 0. The molecule has 0 spiro atoms. The van der Waals surface area contributed by atoms with Gasteiger partial charge in [-0.25, -0.2) is 0 Å². The van der Waals surface area contributed by atoms with Crippen LogP contribution in [0.15, 0.2) is 24.3 Å². The normalized spacial score (nSPS) is 26.1. The Bertz CT molecular complexity index is 515. The summed E-state index contributed by atoms with van der Waals surface area (Å²) in [4.78, 5) is 2.50. The van der Waals surface area contributed by atoms with Gasteiger partial charge in [0.05, 0.1) is 6.10 Å². The molecule has 0 bridgehead atoms. The summed E-state index contributed by atoms with van der Waals surface area (Å²) in [5.41, 5.74) is 2.96. The number of β-amino-alcohol motifs (C(OH)–C–C–N with tert-alkyl or cyclic N) is 1. The topological polar surface area (TPSA) is 47.5 Å². The molecule has 134 valence electrons. The highest BCUT2D eigenvalue weighted by atomic mass is 16.3. The molecule has 1 aromatic carbocycles. The average molecular weight is 332 g/mol. The van der Waals surface area contributed by atoms with E-state index in [9.17, 15) is 5.11 Å². The van der Waals surface area contributed by atoms with Crippen molar-refractivity contribution in [3.05, 3.63) is 29.8 Å². The van der Waals surface area contributed by atoms with Gasteiger partial charge >= 0.3 is 0 Å². The van der Waals surface area contributed by atoms with E-state index < -0.39 is 0 Å². The van der Waals surface area contributed by atoms with Crippen molar-refractivity contribution in [3.63, 3.8) is 0 Å². The van der Waals surface area contributed by atoms with E-state index in [1.807, 2.05) is 0 Å². The van der Waals surface area contributed by atoms with Crippen molar-refractivity contribution in [2.24, 2.45) is 5.92 Å². The fourth-order valence-corrected chi connectivity index (χ4v) is 3.76. The third kappa shape index (κ3) is 4.29. The van der Waals surface area contributed by atoms with Crippen LogP contribution in [0.1, 0.15) is 39.2 Å². The summed E-state index contributed by atoms with van der Waals surface area (Å²) in [5, 5.41) is 16.8. The molecule has 2 heterocycles. The number of benzene rings is 1. The molecule has 3 N–H and O–H groups in total. The van der Waals surface area contributed by atoms with Crippen molar-refractivity contribution in [1.29, 1.82) is 0 Å². The fraction of sp³-hybridized carbons (Fsp3) is 0.700. The fourth-order valence-electron chi connectivity index (χ4n) is 3.76. The number of anilines is 1. The molecule has 1 aromatic rings. The van der Waals surface area contributed by atoms with Crippen LogP contribution >= 0.6 is 0 Å². The zero-order valence-corrected chi connectivity index (χ0v) is 15.4. The molecular weight excluding hydrogens is 298 g/mol. The van der Waals surface area contributed by atoms with Gasteiger partial charge in [0.2, 0.25) is 0 Å². The lowest BCUT2D eigenvalue weighted by molar-refractivity contribution is 0.143. The third-order valence-electron chi connectivity index (χ3n) is 5.57. The monoisotopic (exact) mass is 331 g/mol. The van der Waals surface area contributed by atoms with Crippen molar-refractivity contribution in [2.45, 2.75) is 51.2 Å². The van der Waals surface area contributed by atoms with Gasteiger partial charge in [-0.15, -0.1) is 0 Å². The average Bonchev–Trinajstić information content (AvgIpc) is 2.98. The highest BCUT2D eigenvalue weighted by Gasteiger charge is 2.26. The Kier molecular flexibility index (Phi) is 5.48. The maximum atomic E-state index is 9.88. The van der Waals surface area contributed by atoms with Crippen LogP contribution in [0.25, 0.3) is 0 Å². The third-order valence-corrected chi connectivity index (χ3v) is 5.57. The molecule has 2 aliphatic rings. The molecular formula is C20H33N3O. The van der Waals surface area contributed by atoms with E-state index in [1.54, 1.807) is 0 Å². The van der Waals surface area contributed by atoms with Crippen molar-refractivity contribution < 1.29 is 5.11 Å². The second kappa shape index (κ2) is 7.42. The summed E-state index contributed by atoms with van der Waals surface area (Å²) in [5.74, 6) is 0.368. The maximum Gasteiger partial charge on any atom is 0.0716 e. The zero-order valence-electron chi connectivity index (χ0n) is 15.4. The first kappa shape index (κ1) is 17.7. The van der Waals surface area contributed by atoms with E-state index in [1.165, 1.54) is 24.1 Å². The lowest BCUT2D eigenvalue weighted by atomic mass is 9.87. The molecule has 24 heavy (non-hydrogen) atoms. The van der Waals surface area contributed by atoms with Gasteiger partial charge in [0.15, 0.2) is 0 Å². The Hall–Kier alpha value is -1.10. The van der Waals surface area contributed by atoms with Gasteiger partial charge in [-0.1, -0.05) is 32.9 Å². The summed E-state index contributed by atoms with van der Waals surface area (Å²) in [7, 11) is 0. The number of hydrogen-bond donors (Lipinski definition) is 3. The summed E-state index contributed by atoms with van der Waals surface area (Å²) in [6, 6.07) is 9.68. The largest absolute Gasteiger partial charge is 0.391 e. The number of aliphatic hydroxyl groups excluding tert-OH is 1. The first-order chi connectivity index (χ1) is 11.4. The van der Waals surface area contributed by atoms with Crippen LogP contribution in [0.5, 0.6) is 0 Å². The predicted octanol–water partition coefficient (Wildman–Crippen LogP) is 2.12. The molecule has 2 fully saturated rings. The molecule has 2 atom stereocenters. The second-order valence-corrected chi connectivity index (χ2v) is 8.45. The zero-order chi connectivity index (χ0) is 17.2. The minimum atomic E-state index is -0.182. The van der Waals surface area contributed by atoms with E-state index >= 15 is 0 Å².